The topological polar surface area (TPSA) is 55.8 Å². The number of hydrogen-bond donors (Lipinski definition) is 2. The molecule has 4 rings (SSSR count). The van der Waals surface area contributed by atoms with Crippen LogP contribution in [-0.2, 0) is 30.5 Å². The number of carbonyl (C=O) groups is 1. The molecule has 1 unspecified atom stereocenters. The van der Waals surface area contributed by atoms with Crippen LogP contribution in [0.1, 0.15) is 35.1 Å². The number of carbonyl (C=O) groups excluding carboxylic acids is 1. The molecule has 1 aliphatic carbocycles. The lowest BCUT2D eigenvalue weighted by Crippen LogP contribution is -2.45. The fourth-order valence-electron chi connectivity index (χ4n) is 4.64. The van der Waals surface area contributed by atoms with Crippen LogP contribution >= 0.6 is 0 Å². The van der Waals surface area contributed by atoms with E-state index >= 15 is 0 Å². The zero-order chi connectivity index (χ0) is 26.8. The Kier molecular flexibility index (Phi) is 8.03. The van der Waals surface area contributed by atoms with Gasteiger partial charge in [0.05, 0.1) is 18.7 Å². The average Bonchev–Trinajstić information content (AvgIpc) is 3.65. The van der Waals surface area contributed by atoms with E-state index in [-0.39, 0.29) is 5.56 Å². The van der Waals surface area contributed by atoms with Crippen LogP contribution in [-0.4, -0.2) is 59.3 Å². The Labute approximate surface area is 211 Å². The number of aliphatic hydroxyl groups is 1. The summed E-state index contributed by atoms with van der Waals surface area (Å²) in [6.45, 7) is 0.333. The van der Waals surface area contributed by atoms with Gasteiger partial charge in [-0.25, -0.2) is 0 Å². The van der Waals surface area contributed by atoms with Crippen molar-refractivity contribution >= 4 is 11.6 Å². The molecule has 0 saturated heterocycles. The van der Waals surface area contributed by atoms with E-state index in [1.165, 1.54) is 18.9 Å². The lowest BCUT2D eigenvalue weighted by Gasteiger charge is -2.31. The monoisotopic (exact) mass is 529 g/mol. The molecule has 2 N–H and O–H groups in total. The zero-order valence-corrected chi connectivity index (χ0v) is 20.1. The zero-order valence-electron chi connectivity index (χ0n) is 20.1. The van der Waals surface area contributed by atoms with Crippen molar-refractivity contribution in [2.45, 2.75) is 50.8 Å². The van der Waals surface area contributed by atoms with Gasteiger partial charge in [-0.1, -0.05) is 30.3 Å². The summed E-state index contributed by atoms with van der Waals surface area (Å²) < 4.78 is 79.4. The quantitative estimate of drug-likeness (QED) is 0.457. The fraction of sp³-hybridized carbons (Fsp3) is 0.500. The highest BCUT2D eigenvalue weighted by atomic mass is 19.4. The first-order chi connectivity index (χ1) is 17.4. The number of alkyl halides is 6. The maximum Gasteiger partial charge on any atom is 0.416 e. The highest BCUT2D eigenvalue weighted by Gasteiger charge is 2.41. The number of benzene rings is 2. The summed E-state index contributed by atoms with van der Waals surface area (Å²) in [6, 6.07) is 10.00. The van der Waals surface area contributed by atoms with Gasteiger partial charge in [-0.15, -0.1) is 0 Å². The maximum absolute atomic E-state index is 13.4. The number of anilines is 1. The van der Waals surface area contributed by atoms with Crippen LogP contribution in [0.15, 0.2) is 42.5 Å². The van der Waals surface area contributed by atoms with Gasteiger partial charge in [0, 0.05) is 31.9 Å². The van der Waals surface area contributed by atoms with Gasteiger partial charge in [0.25, 0.3) is 0 Å². The molecule has 1 amide bonds. The summed E-state index contributed by atoms with van der Waals surface area (Å²) in [7, 11) is 0. The van der Waals surface area contributed by atoms with Gasteiger partial charge in [0.1, 0.15) is 0 Å². The van der Waals surface area contributed by atoms with E-state index in [1.807, 2.05) is 12.1 Å². The number of nitrogens with one attached hydrogen (secondary N) is 1. The molecule has 2 aromatic carbocycles. The van der Waals surface area contributed by atoms with Crippen LogP contribution in [0.5, 0.6) is 0 Å². The minimum absolute atomic E-state index is 0.356. The van der Waals surface area contributed by atoms with Gasteiger partial charge in [0.2, 0.25) is 5.91 Å². The van der Waals surface area contributed by atoms with Crippen LogP contribution in [0.25, 0.3) is 0 Å². The van der Waals surface area contributed by atoms with Crippen molar-refractivity contribution in [3.05, 3.63) is 64.7 Å². The molecule has 2 aromatic rings. The Morgan fingerprint density at radius 3 is 2.49 bits per heavy atom. The number of rotatable bonds is 9. The summed E-state index contributed by atoms with van der Waals surface area (Å²) in [5.41, 5.74) is 1.39. The first-order valence-electron chi connectivity index (χ1n) is 12.2. The van der Waals surface area contributed by atoms with E-state index in [0.717, 1.165) is 61.3 Å². The van der Waals surface area contributed by atoms with Gasteiger partial charge in [-0.2, -0.15) is 26.3 Å². The smallest absolute Gasteiger partial charge is 0.382 e. The van der Waals surface area contributed by atoms with Crippen molar-refractivity contribution in [1.82, 2.24) is 9.80 Å². The van der Waals surface area contributed by atoms with E-state index in [1.54, 1.807) is 6.07 Å². The molecular weight excluding hydrogens is 500 g/mol. The molecule has 1 fully saturated rings. The van der Waals surface area contributed by atoms with Crippen molar-refractivity contribution < 1.29 is 36.2 Å². The largest absolute Gasteiger partial charge is 0.416 e. The van der Waals surface area contributed by atoms with Crippen molar-refractivity contribution in [1.29, 1.82) is 0 Å². The number of nitrogens with zero attached hydrogens (tertiary/aromatic N) is 2. The van der Waals surface area contributed by atoms with Crippen LogP contribution in [0, 0.1) is 5.92 Å². The van der Waals surface area contributed by atoms with Gasteiger partial charge in [0.15, 0.2) is 6.10 Å². The molecule has 1 atom stereocenters. The first kappa shape index (κ1) is 27.3. The molecule has 0 aromatic heterocycles. The number of aliphatic hydroxyl groups excluding tert-OH is 1. The minimum atomic E-state index is -5.03. The molecule has 5 nitrogen and oxygen atoms in total. The van der Waals surface area contributed by atoms with Crippen LogP contribution in [0.2, 0.25) is 0 Å². The Hall–Kier alpha value is -2.79. The van der Waals surface area contributed by atoms with E-state index < -0.39 is 49.6 Å². The summed E-state index contributed by atoms with van der Waals surface area (Å²) >= 11 is 0. The van der Waals surface area contributed by atoms with Crippen LogP contribution in [0.4, 0.5) is 32.0 Å². The van der Waals surface area contributed by atoms with E-state index in [0.29, 0.717) is 10.6 Å². The first-order valence-corrected chi connectivity index (χ1v) is 12.2. The molecule has 1 saturated carbocycles. The predicted octanol–water partition coefficient (Wildman–Crippen LogP) is 4.84. The van der Waals surface area contributed by atoms with Gasteiger partial charge in [-0.05, 0) is 54.0 Å². The van der Waals surface area contributed by atoms with Crippen LogP contribution < -0.4 is 5.32 Å². The van der Waals surface area contributed by atoms with Gasteiger partial charge in [-0.3, -0.25) is 9.69 Å². The molecule has 11 heteroatoms. The Balaban J connectivity index is 1.48. The van der Waals surface area contributed by atoms with Crippen molar-refractivity contribution in [2.75, 3.05) is 31.5 Å². The van der Waals surface area contributed by atoms with Crippen molar-refractivity contribution in [3.8, 4) is 0 Å². The molecular formula is C26H29F6N3O2. The fourth-order valence-corrected chi connectivity index (χ4v) is 4.64. The minimum Gasteiger partial charge on any atom is -0.382 e. The lowest BCUT2D eigenvalue weighted by molar-refractivity contribution is -0.208. The third kappa shape index (κ3) is 7.16. The second-order valence-corrected chi connectivity index (χ2v) is 9.71. The van der Waals surface area contributed by atoms with Crippen LogP contribution in [0.3, 0.4) is 0 Å². The average molecular weight is 530 g/mol. The summed E-state index contributed by atoms with van der Waals surface area (Å²) in [6.07, 6.45) is -9.42. The number of fused-ring (bicyclic) bond motifs is 1. The second-order valence-electron chi connectivity index (χ2n) is 9.71. The third-order valence-electron chi connectivity index (χ3n) is 6.80. The van der Waals surface area contributed by atoms with Crippen molar-refractivity contribution in [3.63, 3.8) is 0 Å². The highest BCUT2D eigenvalue weighted by molar-refractivity contribution is 5.81. The normalized spacial score (nSPS) is 17.3. The molecule has 0 radical (unpaired) electrons. The molecule has 0 spiro atoms. The number of hydrogen-bond acceptors (Lipinski definition) is 4. The molecule has 2 aliphatic rings. The summed E-state index contributed by atoms with van der Waals surface area (Å²) in [4.78, 5) is 16.0. The molecule has 1 heterocycles. The van der Waals surface area contributed by atoms with E-state index in [4.69, 9.17) is 0 Å². The molecule has 202 valence electrons. The molecule has 1 aliphatic heterocycles. The molecule has 37 heavy (non-hydrogen) atoms. The third-order valence-corrected chi connectivity index (χ3v) is 6.80. The Morgan fingerprint density at radius 2 is 1.81 bits per heavy atom. The molecule has 0 bridgehead atoms. The highest BCUT2D eigenvalue weighted by Crippen LogP contribution is 2.34. The van der Waals surface area contributed by atoms with E-state index in [9.17, 15) is 36.2 Å². The Morgan fingerprint density at radius 1 is 1.08 bits per heavy atom. The van der Waals surface area contributed by atoms with Gasteiger partial charge >= 0.3 is 12.4 Å². The number of amides is 1. The Bertz CT molecular complexity index is 1100. The lowest BCUT2D eigenvalue weighted by atomic mass is 9.97. The van der Waals surface area contributed by atoms with Crippen molar-refractivity contribution in [2.24, 2.45) is 5.92 Å². The summed E-state index contributed by atoms with van der Waals surface area (Å²) in [5, 5.41) is 12.5. The van der Waals surface area contributed by atoms with E-state index in [2.05, 4.69) is 10.2 Å². The summed E-state index contributed by atoms with van der Waals surface area (Å²) in [5.74, 6) is -0.106. The standard InChI is InChI=1S/C26H29F6N3O2/c27-25(28,29)21-6-2-1-4-19(21)15-35(16-23(36)26(30,31)32)24(37)12-33-22-7-3-5-18-14-34(11-10-20(18)22)13-17-8-9-17/h1-7,17,23,33,36H,8-16H2. The maximum atomic E-state index is 13.4. The second kappa shape index (κ2) is 10.9. The number of halogens is 6. The SMILES string of the molecule is O=C(CNc1cccc2c1CCN(CC1CC1)C2)N(Cc1ccccc1C(F)(F)F)CC(O)C(F)(F)F. The van der Waals surface area contributed by atoms with Gasteiger partial charge < -0.3 is 15.3 Å². The predicted molar refractivity (Wildman–Crippen MR) is 126 cm³/mol.